The first-order chi connectivity index (χ1) is 6.00. The van der Waals surface area contributed by atoms with Crippen LogP contribution in [0, 0.1) is 0 Å². The lowest BCUT2D eigenvalue weighted by Gasteiger charge is -2.01. The fourth-order valence-corrected chi connectivity index (χ4v) is 1.23. The van der Waals surface area contributed by atoms with Crippen LogP contribution in [0.15, 0.2) is 30.4 Å². The van der Waals surface area contributed by atoms with Gasteiger partial charge in [-0.05, 0) is 30.7 Å². The Morgan fingerprint density at radius 2 is 2.08 bits per heavy atom. The summed E-state index contributed by atoms with van der Waals surface area (Å²) < 4.78 is 0. The summed E-state index contributed by atoms with van der Waals surface area (Å²) in [6.45, 7) is 5.21. The van der Waals surface area contributed by atoms with Crippen molar-refractivity contribution in [3.05, 3.63) is 40.9 Å². The minimum Gasteiger partial charge on any atom is -0.399 e. The highest BCUT2D eigenvalue weighted by molar-refractivity contribution is 6.31. The third-order valence-electron chi connectivity index (χ3n) is 1.57. The highest BCUT2D eigenvalue weighted by Crippen LogP contribution is 2.18. The van der Waals surface area contributed by atoms with Gasteiger partial charge in [0.1, 0.15) is 0 Å². The monoisotopic (exact) mass is 195 g/mol. The number of anilines is 1. The largest absolute Gasteiger partial charge is 0.399 e. The molecule has 13 heavy (non-hydrogen) atoms. The van der Waals surface area contributed by atoms with E-state index >= 15 is 0 Å². The molecule has 0 aliphatic rings. The molecule has 0 radical (unpaired) electrons. The van der Waals surface area contributed by atoms with E-state index in [4.69, 9.17) is 17.3 Å². The van der Waals surface area contributed by atoms with Crippen LogP contribution in [-0.2, 0) is 0 Å². The van der Waals surface area contributed by atoms with E-state index in [0.717, 1.165) is 0 Å². The number of rotatable bonds is 2. The van der Waals surface area contributed by atoms with Crippen LogP contribution in [0.4, 0.5) is 5.69 Å². The summed E-state index contributed by atoms with van der Waals surface area (Å²) in [5.41, 5.74) is 6.97. The summed E-state index contributed by atoms with van der Waals surface area (Å²) in [4.78, 5) is 11.4. The fourth-order valence-electron chi connectivity index (χ4n) is 0.990. The summed E-state index contributed by atoms with van der Waals surface area (Å²) in [5.74, 6) is -0.130. The Morgan fingerprint density at radius 1 is 1.46 bits per heavy atom. The minimum absolute atomic E-state index is 0.130. The number of benzene rings is 1. The first-order valence-electron chi connectivity index (χ1n) is 3.77. The molecule has 0 aliphatic heterocycles. The predicted molar refractivity (Wildman–Crippen MR) is 55.0 cm³/mol. The Labute approximate surface area is 82.0 Å². The lowest BCUT2D eigenvalue weighted by Crippen LogP contribution is -2.00. The quantitative estimate of drug-likeness (QED) is 0.448. The molecule has 0 heterocycles. The number of Topliss-reactive ketones (excluding diaryl/α,β-unsaturated/α-hetero) is 1. The molecule has 1 aromatic carbocycles. The van der Waals surface area contributed by atoms with Crippen LogP contribution in [0.25, 0.3) is 0 Å². The number of halogens is 1. The molecule has 0 atom stereocenters. The highest BCUT2D eigenvalue weighted by Gasteiger charge is 2.07. The van der Waals surface area contributed by atoms with Crippen molar-refractivity contribution in [3.63, 3.8) is 0 Å². The van der Waals surface area contributed by atoms with Crippen LogP contribution in [0.1, 0.15) is 17.3 Å². The van der Waals surface area contributed by atoms with Crippen LogP contribution < -0.4 is 5.73 Å². The molecule has 0 amide bonds. The molecule has 2 N–H and O–H groups in total. The normalized spacial score (nSPS) is 9.69. The second-order valence-electron chi connectivity index (χ2n) is 2.88. The molecule has 0 aliphatic carbocycles. The zero-order chi connectivity index (χ0) is 10.0. The van der Waals surface area contributed by atoms with Crippen LogP contribution in [0.5, 0.6) is 0 Å². The van der Waals surface area contributed by atoms with Crippen LogP contribution in [0.3, 0.4) is 0 Å². The number of nitrogens with two attached hydrogens (primary N) is 1. The first-order valence-corrected chi connectivity index (χ1v) is 4.15. The van der Waals surface area contributed by atoms with Crippen molar-refractivity contribution in [2.45, 2.75) is 6.92 Å². The third-order valence-corrected chi connectivity index (χ3v) is 1.79. The molecular weight excluding hydrogens is 186 g/mol. The molecule has 1 aromatic rings. The standard InChI is InChI=1S/C10H10ClNO/c1-6(2)10(13)7-3-8(11)5-9(12)4-7/h3-5H,1,12H2,2H3. The van der Waals surface area contributed by atoms with Crippen molar-refractivity contribution in [2.24, 2.45) is 0 Å². The van der Waals surface area contributed by atoms with E-state index < -0.39 is 0 Å². The van der Waals surface area contributed by atoms with E-state index in [1.807, 2.05) is 0 Å². The number of carbonyl (C=O) groups is 1. The molecule has 0 fully saturated rings. The van der Waals surface area contributed by atoms with Gasteiger partial charge in [0, 0.05) is 16.3 Å². The lowest BCUT2D eigenvalue weighted by molar-refractivity contribution is 0.103. The molecule has 0 aromatic heterocycles. The Morgan fingerprint density at radius 3 is 2.54 bits per heavy atom. The fraction of sp³-hybridized carbons (Fsp3) is 0.100. The van der Waals surface area contributed by atoms with Crippen molar-refractivity contribution >= 4 is 23.1 Å². The lowest BCUT2D eigenvalue weighted by atomic mass is 10.1. The third kappa shape index (κ3) is 2.33. The van der Waals surface area contributed by atoms with Gasteiger partial charge in [0.15, 0.2) is 5.78 Å². The van der Waals surface area contributed by atoms with E-state index in [9.17, 15) is 4.79 Å². The Hall–Kier alpha value is -1.28. The number of nitrogen functional groups attached to an aromatic ring is 1. The van der Waals surface area contributed by atoms with Gasteiger partial charge in [-0.1, -0.05) is 18.2 Å². The van der Waals surface area contributed by atoms with Gasteiger partial charge in [-0.25, -0.2) is 0 Å². The van der Waals surface area contributed by atoms with Crippen molar-refractivity contribution in [1.29, 1.82) is 0 Å². The Bertz CT molecular complexity index is 351. The van der Waals surface area contributed by atoms with E-state index in [1.165, 1.54) is 0 Å². The van der Waals surface area contributed by atoms with Crippen LogP contribution in [-0.4, -0.2) is 5.78 Å². The number of hydrogen-bond donors (Lipinski definition) is 1. The van der Waals surface area contributed by atoms with Gasteiger partial charge in [-0.15, -0.1) is 0 Å². The maximum atomic E-state index is 11.4. The van der Waals surface area contributed by atoms with Gasteiger partial charge in [0.25, 0.3) is 0 Å². The second-order valence-corrected chi connectivity index (χ2v) is 3.32. The average molecular weight is 196 g/mol. The van der Waals surface area contributed by atoms with E-state index in [0.29, 0.717) is 21.8 Å². The molecule has 0 spiro atoms. The van der Waals surface area contributed by atoms with E-state index in [-0.39, 0.29) is 5.78 Å². The van der Waals surface area contributed by atoms with E-state index in [2.05, 4.69) is 6.58 Å². The molecule has 2 nitrogen and oxygen atoms in total. The smallest absolute Gasteiger partial charge is 0.188 e. The predicted octanol–water partition coefficient (Wildman–Crippen LogP) is 2.68. The minimum atomic E-state index is -0.130. The van der Waals surface area contributed by atoms with Crippen molar-refractivity contribution in [2.75, 3.05) is 5.73 Å². The first kappa shape index (κ1) is 9.81. The van der Waals surface area contributed by atoms with Gasteiger partial charge in [-0.2, -0.15) is 0 Å². The Kier molecular flexibility index (Phi) is 2.73. The van der Waals surface area contributed by atoms with E-state index in [1.54, 1.807) is 25.1 Å². The van der Waals surface area contributed by atoms with Gasteiger partial charge >= 0.3 is 0 Å². The highest BCUT2D eigenvalue weighted by atomic mass is 35.5. The van der Waals surface area contributed by atoms with Crippen LogP contribution in [0.2, 0.25) is 5.02 Å². The molecular formula is C10H10ClNO. The number of carbonyl (C=O) groups excluding carboxylic acids is 1. The molecule has 0 unspecified atom stereocenters. The molecule has 1 rings (SSSR count). The summed E-state index contributed by atoms with van der Waals surface area (Å²) >= 11 is 5.74. The number of hydrogen-bond acceptors (Lipinski definition) is 2. The number of allylic oxidation sites excluding steroid dienone is 1. The Balaban J connectivity index is 3.15. The SMILES string of the molecule is C=C(C)C(=O)c1cc(N)cc(Cl)c1. The van der Waals surface area contributed by atoms with Crippen LogP contribution >= 0.6 is 11.6 Å². The summed E-state index contributed by atoms with van der Waals surface area (Å²) in [6.07, 6.45) is 0. The maximum absolute atomic E-state index is 11.4. The van der Waals surface area contributed by atoms with Crippen molar-refractivity contribution in [1.82, 2.24) is 0 Å². The van der Waals surface area contributed by atoms with Crippen molar-refractivity contribution in [3.8, 4) is 0 Å². The second kappa shape index (κ2) is 3.62. The molecule has 0 bridgehead atoms. The van der Waals surface area contributed by atoms with Gasteiger partial charge < -0.3 is 5.73 Å². The van der Waals surface area contributed by atoms with Gasteiger partial charge in [-0.3, -0.25) is 4.79 Å². The number of ketones is 1. The molecule has 0 saturated heterocycles. The molecule has 68 valence electrons. The zero-order valence-corrected chi connectivity index (χ0v) is 8.06. The topological polar surface area (TPSA) is 43.1 Å². The molecule has 3 heteroatoms. The summed E-state index contributed by atoms with van der Waals surface area (Å²) in [7, 11) is 0. The summed E-state index contributed by atoms with van der Waals surface area (Å²) in [5, 5.41) is 0.463. The zero-order valence-electron chi connectivity index (χ0n) is 7.30. The average Bonchev–Trinajstić information content (AvgIpc) is 2.01. The maximum Gasteiger partial charge on any atom is 0.188 e. The van der Waals surface area contributed by atoms with Gasteiger partial charge in [0.2, 0.25) is 0 Å². The molecule has 0 saturated carbocycles. The van der Waals surface area contributed by atoms with Gasteiger partial charge in [0.05, 0.1) is 0 Å². The summed E-state index contributed by atoms with van der Waals surface area (Å²) in [6, 6.07) is 4.76. The van der Waals surface area contributed by atoms with Crippen molar-refractivity contribution < 1.29 is 4.79 Å².